The lowest BCUT2D eigenvalue weighted by molar-refractivity contribution is 0.0883. The van der Waals surface area contributed by atoms with Crippen molar-refractivity contribution in [1.29, 1.82) is 0 Å². The Morgan fingerprint density at radius 2 is 1.79 bits per heavy atom. The minimum absolute atomic E-state index is 0.115. The highest BCUT2D eigenvalue weighted by Gasteiger charge is 2.29. The summed E-state index contributed by atoms with van der Waals surface area (Å²) in [6.07, 6.45) is 2.58. The monoisotopic (exact) mass is 329 g/mol. The number of methoxy groups -OCH3 is 1. The first-order valence-electron chi connectivity index (χ1n) is 8.13. The Kier molecular flexibility index (Phi) is 5.02. The van der Waals surface area contributed by atoms with Crippen molar-refractivity contribution in [2.75, 3.05) is 7.11 Å². The molecule has 0 saturated carbocycles. The summed E-state index contributed by atoms with van der Waals surface area (Å²) < 4.78 is 7.00. The summed E-state index contributed by atoms with van der Waals surface area (Å²) >= 11 is 0. The van der Waals surface area contributed by atoms with Crippen LogP contribution in [0.5, 0.6) is 5.75 Å². The zero-order valence-electron chi connectivity index (χ0n) is 15.4. The number of aromatic nitrogens is 2. The van der Waals surface area contributed by atoms with Gasteiger partial charge < -0.3 is 10.1 Å². The lowest BCUT2D eigenvalue weighted by Gasteiger charge is -2.33. The van der Waals surface area contributed by atoms with Crippen molar-refractivity contribution in [2.45, 2.75) is 46.6 Å². The minimum Gasteiger partial charge on any atom is -0.493 e. The SMILES string of the molecule is COc1cn(-c2ccccc2)nc1C(=O)NC(C)(C)CC(C)(C)C. The second-order valence-electron chi connectivity index (χ2n) is 7.90. The fourth-order valence-electron chi connectivity index (χ4n) is 3.11. The molecule has 0 bridgehead atoms. The van der Waals surface area contributed by atoms with E-state index in [1.54, 1.807) is 18.0 Å². The number of nitrogens with zero attached hydrogens (tertiary/aromatic N) is 2. The van der Waals surface area contributed by atoms with E-state index in [9.17, 15) is 4.79 Å². The fourth-order valence-corrected chi connectivity index (χ4v) is 3.11. The molecule has 0 fully saturated rings. The molecule has 0 saturated heterocycles. The van der Waals surface area contributed by atoms with Crippen LogP contribution in [0.3, 0.4) is 0 Å². The van der Waals surface area contributed by atoms with Gasteiger partial charge >= 0.3 is 0 Å². The van der Waals surface area contributed by atoms with Crippen LogP contribution in [0.2, 0.25) is 0 Å². The van der Waals surface area contributed by atoms with Crippen molar-refractivity contribution in [3.8, 4) is 11.4 Å². The first kappa shape index (κ1) is 18.0. The summed E-state index contributed by atoms with van der Waals surface area (Å²) in [6.45, 7) is 10.5. The Morgan fingerprint density at radius 3 is 2.33 bits per heavy atom. The molecule has 1 aromatic heterocycles. The van der Waals surface area contributed by atoms with Gasteiger partial charge in [0.15, 0.2) is 11.4 Å². The summed E-state index contributed by atoms with van der Waals surface area (Å²) in [5.74, 6) is 0.235. The number of hydrogen-bond acceptors (Lipinski definition) is 3. The summed E-state index contributed by atoms with van der Waals surface area (Å²) in [6, 6.07) is 9.65. The second kappa shape index (κ2) is 6.67. The molecule has 0 radical (unpaired) electrons. The highest BCUT2D eigenvalue weighted by molar-refractivity contribution is 5.95. The molecule has 5 nitrogen and oxygen atoms in total. The van der Waals surface area contributed by atoms with Gasteiger partial charge in [-0.1, -0.05) is 39.0 Å². The van der Waals surface area contributed by atoms with Gasteiger partial charge in [-0.15, -0.1) is 0 Å². The van der Waals surface area contributed by atoms with Crippen LogP contribution in [0, 0.1) is 5.41 Å². The van der Waals surface area contributed by atoms with Crippen molar-refractivity contribution in [2.24, 2.45) is 5.41 Å². The third kappa shape index (κ3) is 4.60. The van der Waals surface area contributed by atoms with Gasteiger partial charge in [0.25, 0.3) is 5.91 Å². The topological polar surface area (TPSA) is 56.2 Å². The van der Waals surface area contributed by atoms with Gasteiger partial charge in [0.05, 0.1) is 19.0 Å². The zero-order chi connectivity index (χ0) is 18.0. The van der Waals surface area contributed by atoms with Crippen molar-refractivity contribution in [1.82, 2.24) is 15.1 Å². The predicted molar refractivity (Wildman–Crippen MR) is 95.7 cm³/mol. The Labute approximate surface area is 144 Å². The maximum Gasteiger partial charge on any atom is 0.276 e. The van der Waals surface area contributed by atoms with Crippen LogP contribution in [0.15, 0.2) is 36.5 Å². The van der Waals surface area contributed by atoms with E-state index in [2.05, 4.69) is 31.2 Å². The van der Waals surface area contributed by atoms with Crippen LogP contribution < -0.4 is 10.1 Å². The molecule has 2 rings (SSSR count). The average Bonchev–Trinajstić information content (AvgIpc) is 2.89. The Bertz CT molecular complexity index is 697. The number of hydrogen-bond donors (Lipinski definition) is 1. The number of ether oxygens (including phenoxy) is 1. The van der Waals surface area contributed by atoms with Crippen LogP contribution in [0.1, 0.15) is 51.5 Å². The Balaban J connectivity index is 2.25. The largest absolute Gasteiger partial charge is 0.493 e. The molecule has 0 spiro atoms. The Morgan fingerprint density at radius 1 is 1.17 bits per heavy atom. The van der Waals surface area contributed by atoms with E-state index in [0.717, 1.165) is 12.1 Å². The third-order valence-electron chi connectivity index (χ3n) is 3.56. The molecule has 1 aromatic carbocycles. The molecule has 0 unspecified atom stereocenters. The van der Waals surface area contributed by atoms with E-state index in [0.29, 0.717) is 11.4 Å². The van der Waals surface area contributed by atoms with E-state index >= 15 is 0 Å². The molecule has 2 aromatic rings. The van der Waals surface area contributed by atoms with E-state index in [1.807, 2.05) is 44.2 Å². The van der Waals surface area contributed by atoms with Gasteiger partial charge in [-0.05, 0) is 37.8 Å². The molecule has 0 aliphatic carbocycles. The zero-order valence-corrected chi connectivity index (χ0v) is 15.4. The van der Waals surface area contributed by atoms with Crippen molar-refractivity contribution in [3.63, 3.8) is 0 Å². The number of nitrogens with one attached hydrogen (secondary N) is 1. The quantitative estimate of drug-likeness (QED) is 0.907. The molecule has 24 heavy (non-hydrogen) atoms. The molecule has 130 valence electrons. The number of benzene rings is 1. The number of para-hydroxylation sites is 1. The maximum absolute atomic E-state index is 12.7. The summed E-state index contributed by atoms with van der Waals surface area (Å²) in [5.41, 5.74) is 0.952. The van der Waals surface area contributed by atoms with Gasteiger partial charge in [0.1, 0.15) is 0 Å². The normalized spacial score (nSPS) is 12.1. The highest BCUT2D eigenvalue weighted by atomic mass is 16.5. The minimum atomic E-state index is -0.336. The lowest BCUT2D eigenvalue weighted by Crippen LogP contribution is -2.46. The molecule has 0 atom stereocenters. The van der Waals surface area contributed by atoms with Gasteiger partial charge in [-0.2, -0.15) is 5.10 Å². The fraction of sp³-hybridized carbons (Fsp3) is 0.474. The maximum atomic E-state index is 12.7. The lowest BCUT2D eigenvalue weighted by atomic mass is 9.82. The van der Waals surface area contributed by atoms with Crippen LogP contribution in [0.4, 0.5) is 0 Å². The van der Waals surface area contributed by atoms with Gasteiger partial charge in [-0.25, -0.2) is 4.68 Å². The molecule has 5 heteroatoms. The molecule has 1 amide bonds. The van der Waals surface area contributed by atoms with Gasteiger partial charge in [0, 0.05) is 5.54 Å². The van der Waals surface area contributed by atoms with Crippen LogP contribution in [-0.2, 0) is 0 Å². The van der Waals surface area contributed by atoms with Crippen molar-refractivity contribution < 1.29 is 9.53 Å². The molecular weight excluding hydrogens is 302 g/mol. The van der Waals surface area contributed by atoms with Crippen LogP contribution >= 0.6 is 0 Å². The van der Waals surface area contributed by atoms with Crippen molar-refractivity contribution >= 4 is 5.91 Å². The number of carbonyl (C=O) groups is 1. The summed E-state index contributed by atoms with van der Waals surface area (Å²) in [5, 5.41) is 7.49. The van der Waals surface area contributed by atoms with E-state index in [1.165, 1.54) is 0 Å². The average molecular weight is 329 g/mol. The first-order valence-corrected chi connectivity index (χ1v) is 8.13. The van der Waals surface area contributed by atoms with E-state index < -0.39 is 0 Å². The molecule has 1 N–H and O–H groups in total. The molecular formula is C19H27N3O2. The smallest absolute Gasteiger partial charge is 0.276 e. The van der Waals surface area contributed by atoms with Gasteiger partial charge in [-0.3, -0.25) is 4.79 Å². The van der Waals surface area contributed by atoms with Crippen LogP contribution in [-0.4, -0.2) is 28.3 Å². The number of rotatable bonds is 5. The number of amides is 1. The standard InChI is InChI=1S/C19H27N3O2/c1-18(2,3)13-19(4,5)20-17(23)16-15(24-6)12-22(21-16)14-10-8-7-9-11-14/h7-12H,13H2,1-6H3,(H,20,23). The summed E-state index contributed by atoms with van der Waals surface area (Å²) in [4.78, 5) is 12.7. The van der Waals surface area contributed by atoms with Gasteiger partial charge in [0.2, 0.25) is 0 Å². The second-order valence-corrected chi connectivity index (χ2v) is 7.90. The van der Waals surface area contributed by atoms with Crippen molar-refractivity contribution in [3.05, 3.63) is 42.2 Å². The van der Waals surface area contributed by atoms with E-state index in [-0.39, 0.29) is 16.9 Å². The predicted octanol–water partition coefficient (Wildman–Crippen LogP) is 3.83. The third-order valence-corrected chi connectivity index (χ3v) is 3.56. The number of carbonyl (C=O) groups excluding carboxylic acids is 1. The van der Waals surface area contributed by atoms with E-state index in [4.69, 9.17) is 4.74 Å². The summed E-state index contributed by atoms with van der Waals surface area (Å²) in [7, 11) is 1.55. The molecule has 0 aliphatic heterocycles. The first-order chi connectivity index (χ1) is 11.1. The Hall–Kier alpha value is -2.30. The molecule has 0 aliphatic rings. The van der Waals surface area contributed by atoms with Crippen LogP contribution in [0.25, 0.3) is 5.69 Å². The highest BCUT2D eigenvalue weighted by Crippen LogP contribution is 2.28. The molecule has 1 heterocycles.